The van der Waals surface area contributed by atoms with E-state index in [-0.39, 0.29) is 5.91 Å². The smallest absolute Gasteiger partial charge is 0.276 e. The van der Waals surface area contributed by atoms with Gasteiger partial charge in [-0.05, 0) is 36.4 Å². The summed E-state index contributed by atoms with van der Waals surface area (Å²) in [7, 11) is 0. The molecule has 7 nitrogen and oxygen atoms in total. The second kappa shape index (κ2) is 8.80. The van der Waals surface area contributed by atoms with Crippen LogP contribution in [0.1, 0.15) is 10.5 Å². The van der Waals surface area contributed by atoms with Gasteiger partial charge < -0.3 is 9.80 Å². The van der Waals surface area contributed by atoms with Gasteiger partial charge in [0.05, 0.1) is 22.1 Å². The third-order valence-corrected chi connectivity index (χ3v) is 5.86. The van der Waals surface area contributed by atoms with Crippen LogP contribution in [0.4, 0.5) is 5.69 Å². The highest BCUT2D eigenvalue weighted by Gasteiger charge is 2.29. The van der Waals surface area contributed by atoms with Gasteiger partial charge in [0.15, 0.2) is 5.69 Å². The zero-order chi connectivity index (χ0) is 21.9. The number of rotatable bonds is 4. The number of nitrogens with zero attached hydrogens (tertiary/aromatic N) is 6. The van der Waals surface area contributed by atoms with Gasteiger partial charge in [0.1, 0.15) is 5.69 Å². The third-order valence-electron chi connectivity index (χ3n) is 5.54. The summed E-state index contributed by atoms with van der Waals surface area (Å²) in [5.41, 5.74) is 3.36. The van der Waals surface area contributed by atoms with Crippen molar-refractivity contribution in [3.8, 4) is 17.1 Å². The van der Waals surface area contributed by atoms with Crippen molar-refractivity contribution < 1.29 is 4.79 Å². The molecule has 4 aromatic rings. The number of carbonyl (C=O) groups excluding carboxylic acids is 1. The molecule has 1 fully saturated rings. The van der Waals surface area contributed by atoms with Crippen LogP contribution in [0.25, 0.3) is 17.1 Å². The molecule has 0 bridgehead atoms. The highest BCUT2D eigenvalue weighted by molar-refractivity contribution is 6.33. The molecule has 0 aliphatic carbocycles. The van der Waals surface area contributed by atoms with Gasteiger partial charge in [-0.1, -0.05) is 53.2 Å². The van der Waals surface area contributed by atoms with Crippen molar-refractivity contribution in [2.45, 2.75) is 0 Å². The first kappa shape index (κ1) is 20.2. The summed E-state index contributed by atoms with van der Waals surface area (Å²) in [4.78, 5) is 22.0. The maximum absolute atomic E-state index is 13.5. The summed E-state index contributed by atoms with van der Waals surface area (Å²) in [5.74, 6) is -0.147. The SMILES string of the molecule is O=C(c1nnn(-c2ccccc2)c1-c1ccccn1)N1CCN(c2ccccc2Cl)CC1. The molecule has 2 aromatic heterocycles. The van der Waals surface area contributed by atoms with Crippen LogP contribution in [0.3, 0.4) is 0 Å². The summed E-state index contributed by atoms with van der Waals surface area (Å²) < 4.78 is 1.68. The minimum absolute atomic E-state index is 0.147. The molecule has 0 saturated carbocycles. The number of aromatic nitrogens is 4. The largest absolute Gasteiger partial charge is 0.367 e. The van der Waals surface area contributed by atoms with Crippen LogP contribution in [0.5, 0.6) is 0 Å². The summed E-state index contributed by atoms with van der Waals surface area (Å²) >= 11 is 6.35. The lowest BCUT2D eigenvalue weighted by Gasteiger charge is -2.36. The Labute approximate surface area is 190 Å². The van der Waals surface area contributed by atoms with E-state index in [1.165, 1.54) is 0 Å². The number of pyridine rings is 1. The summed E-state index contributed by atoms with van der Waals surface area (Å²) in [6, 6.07) is 23.0. The number of amides is 1. The first-order chi connectivity index (χ1) is 15.7. The van der Waals surface area contributed by atoms with E-state index in [1.54, 1.807) is 10.9 Å². The molecule has 0 radical (unpaired) electrons. The molecule has 1 saturated heterocycles. The zero-order valence-electron chi connectivity index (χ0n) is 17.3. The van der Waals surface area contributed by atoms with E-state index in [9.17, 15) is 4.79 Å². The average molecular weight is 445 g/mol. The number of hydrogen-bond acceptors (Lipinski definition) is 5. The molecule has 1 aliphatic rings. The lowest BCUT2D eigenvalue weighted by Crippen LogP contribution is -2.49. The van der Waals surface area contributed by atoms with Crippen molar-refractivity contribution in [3.63, 3.8) is 0 Å². The molecular formula is C24H21ClN6O. The van der Waals surface area contributed by atoms with Crippen LogP contribution in [0.2, 0.25) is 5.02 Å². The number of anilines is 1. The standard InChI is InChI=1S/C24H21ClN6O/c25-19-10-4-5-12-21(19)29-14-16-30(17-15-29)24(32)22-23(20-11-6-7-13-26-20)31(28-27-22)18-8-2-1-3-9-18/h1-13H,14-17H2. The maximum Gasteiger partial charge on any atom is 0.276 e. The van der Waals surface area contributed by atoms with Crippen LogP contribution in [-0.4, -0.2) is 57.0 Å². The van der Waals surface area contributed by atoms with Gasteiger partial charge in [-0.25, -0.2) is 4.68 Å². The molecule has 2 aromatic carbocycles. The van der Waals surface area contributed by atoms with E-state index in [0.29, 0.717) is 43.3 Å². The number of carbonyl (C=O) groups is 1. The predicted octanol–water partition coefficient (Wildman–Crippen LogP) is 3.95. The van der Waals surface area contributed by atoms with Crippen LogP contribution in [0.15, 0.2) is 79.0 Å². The Bertz CT molecular complexity index is 1220. The Kier molecular flexibility index (Phi) is 5.56. The normalized spacial score (nSPS) is 13.9. The number of piperazine rings is 1. The molecule has 0 atom stereocenters. The fourth-order valence-electron chi connectivity index (χ4n) is 3.92. The first-order valence-corrected chi connectivity index (χ1v) is 10.8. The third kappa shape index (κ3) is 3.83. The summed E-state index contributed by atoms with van der Waals surface area (Å²) in [5, 5.41) is 9.30. The van der Waals surface area contributed by atoms with E-state index in [1.807, 2.05) is 77.7 Å². The Morgan fingerprint density at radius 1 is 0.844 bits per heavy atom. The molecule has 1 aliphatic heterocycles. The van der Waals surface area contributed by atoms with E-state index in [0.717, 1.165) is 16.4 Å². The topological polar surface area (TPSA) is 67.2 Å². The number of para-hydroxylation sites is 2. The van der Waals surface area contributed by atoms with Crippen LogP contribution < -0.4 is 4.90 Å². The fourth-order valence-corrected chi connectivity index (χ4v) is 4.17. The number of hydrogen-bond donors (Lipinski definition) is 0. The molecule has 5 rings (SSSR count). The van der Waals surface area contributed by atoms with Crippen molar-refractivity contribution >= 4 is 23.2 Å². The van der Waals surface area contributed by atoms with E-state index in [4.69, 9.17) is 11.6 Å². The van der Waals surface area contributed by atoms with E-state index in [2.05, 4.69) is 20.2 Å². The Balaban J connectivity index is 1.43. The van der Waals surface area contributed by atoms with Gasteiger partial charge in [0.2, 0.25) is 0 Å². The van der Waals surface area contributed by atoms with Crippen LogP contribution in [0, 0.1) is 0 Å². The van der Waals surface area contributed by atoms with Crippen LogP contribution >= 0.6 is 11.6 Å². The minimum Gasteiger partial charge on any atom is -0.367 e. The van der Waals surface area contributed by atoms with Gasteiger partial charge in [-0.15, -0.1) is 5.10 Å². The van der Waals surface area contributed by atoms with Crippen molar-refractivity contribution in [1.29, 1.82) is 0 Å². The van der Waals surface area contributed by atoms with Gasteiger partial charge >= 0.3 is 0 Å². The quantitative estimate of drug-likeness (QED) is 0.477. The predicted molar refractivity (Wildman–Crippen MR) is 124 cm³/mol. The summed E-state index contributed by atoms with van der Waals surface area (Å²) in [6.07, 6.45) is 1.70. The van der Waals surface area contributed by atoms with Crippen molar-refractivity contribution in [1.82, 2.24) is 24.9 Å². The lowest BCUT2D eigenvalue weighted by atomic mass is 10.1. The number of benzene rings is 2. The van der Waals surface area contributed by atoms with E-state index >= 15 is 0 Å². The maximum atomic E-state index is 13.5. The molecule has 32 heavy (non-hydrogen) atoms. The first-order valence-electron chi connectivity index (χ1n) is 10.4. The van der Waals surface area contributed by atoms with Crippen molar-refractivity contribution in [2.24, 2.45) is 0 Å². The number of halogens is 1. The Hall–Kier alpha value is -3.71. The highest BCUT2D eigenvalue weighted by atomic mass is 35.5. The van der Waals surface area contributed by atoms with Gasteiger partial charge in [-0.2, -0.15) is 0 Å². The average Bonchev–Trinajstić information content (AvgIpc) is 3.30. The molecule has 3 heterocycles. The second-order valence-electron chi connectivity index (χ2n) is 7.48. The Morgan fingerprint density at radius 3 is 2.28 bits per heavy atom. The van der Waals surface area contributed by atoms with Gasteiger partial charge in [0.25, 0.3) is 5.91 Å². The Morgan fingerprint density at radius 2 is 1.56 bits per heavy atom. The fraction of sp³-hybridized carbons (Fsp3) is 0.167. The molecule has 0 N–H and O–H groups in total. The van der Waals surface area contributed by atoms with Crippen LogP contribution in [-0.2, 0) is 0 Å². The molecule has 0 unspecified atom stereocenters. The van der Waals surface area contributed by atoms with Gasteiger partial charge in [-0.3, -0.25) is 9.78 Å². The minimum atomic E-state index is -0.147. The van der Waals surface area contributed by atoms with Gasteiger partial charge in [0, 0.05) is 32.4 Å². The zero-order valence-corrected chi connectivity index (χ0v) is 18.1. The second-order valence-corrected chi connectivity index (χ2v) is 7.89. The van der Waals surface area contributed by atoms with Crippen molar-refractivity contribution in [3.05, 3.63) is 89.7 Å². The summed E-state index contributed by atoms with van der Waals surface area (Å²) in [6.45, 7) is 2.54. The monoisotopic (exact) mass is 444 g/mol. The molecule has 1 amide bonds. The van der Waals surface area contributed by atoms with Crippen molar-refractivity contribution in [2.75, 3.05) is 31.1 Å². The molecule has 0 spiro atoms. The highest BCUT2D eigenvalue weighted by Crippen LogP contribution is 2.28. The molecule has 8 heteroatoms. The molecular weight excluding hydrogens is 424 g/mol. The molecule has 160 valence electrons. The van der Waals surface area contributed by atoms with E-state index < -0.39 is 0 Å². The lowest BCUT2D eigenvalue weighted by molar-refractivity contribution is 0.0741.